The van der Waals surface area contributed by atoms with Gasteiger partial charge in [0.25, 0.3) is 0 Å². The highest BCUT2D eigenvalue weighted by atomic mass is 35.5. The van der Waals surface area contributed by atoms with E-state index in [-0.39, 0.29) is 5.75 Å². The number of aromatic hydroxyl groups is 1. The van der Waals surface area contributed by atoms with Crippen LogP contribution in [0.3, 0.4) is 0 Å². The molecule has 0 bridgehead atoms. The summed E-state index contributed by atoms with van der Waals surface area (Å²) in [4.78, 5) is 0. The van der Waals surface area contributed by atoms with Crippen molar-refractivity contribution in [3.63, 3.8) is 0 Å². The van der Waals surface area contributed by atoms with Crippen molar-refractivity contribution in [2.24, 2.45) is 0 Å². The van der Waals surface area contributed by atoms with Gasteiger partial charge >= 0.3 is 0 Å². The SMILES string of the molecule is CCc1ccccc1CNCc1cccc(Cl)c1O. The third kappa shape index (κ3) is 3.49. The minimum absolute atomic E-state index is 0.167. The molecule has 0 aliphatic heterocycles. The molecule has 2 aromatic carbocycles. The van der Waals surface area contributed by atoms with E-state index in [0.717, 1.165) is 18.5 Å². The van der Waals surface area contributed by atoms with Crippen molar-refractivity contribution >= 4 is 11.6 Å². The van der Waals surface area contributed by atoms with Crippen molar-refractivity contribution in [2.45, 2.75) is 26.4 Å². The van der Waals surface area contributed by atoms with E-state index in [1.807, 2.05) is 18.2 Å². The molecule has 2 N–H and O–H groups in total. The monoisotopic (exact) mass is 275 g/mol. The molecule has 0 aliphatic carbocycles. The summed E-state index contributed by atoms with van der Waals surface area (Å²) in [6.45, 7) is 3.54. The number of phenols is 1. The number of benzene rings is 2. The molecule has 2 aromatic rings. The average Bonchev–Trinajstić information content (AvgIpc) is 2.44. The van der Waals surface area contributed by atoms with Crippen LogP contribution in [0.1, 0.15) is 23.6 Å². The van der Waals surface area contributed by atoms with Gasteiger partial charge in [-0.1, -0.05) is 54.9 Å². The number of para-hydroxylation sites is 1. The summed E-state index contributed by atoms with van der Waals surface area (Å²) in [5.41, 5.74) is 3.47. The standard InChI is InChI=1S/C16H18ClNO/c1-2-12-6-3-4-7-13(12)10-18-11-14-8-5-9-15(17)16(14)19/h3-9,18-19H,2,10-11H2,1H3. The predicted octanol–water partition coefficient (Wildman–Crippen LogP) is 3.90. The van der Waals surface area contributed by atoms with Gasteiger partial charge in [0.1, 0.15) is 5.75 Å². The average molecular weight is 276 g/mol. The molecule has 0 atom stereocenters. The van der Waals surface area contributed by atoms with Crippen LogP contribution >= 0.6 is 11.6 Å². The molecule has 0 saturated carbocycles. The maximum Gasteiger partial charge on any atom is 0.138 e. The van der Waals surface area contributed by atoms with Crippen LogP contribution in [-0.4, -0.2) is 5.11 Å². The van der Waals surface area contributed by atoms with Gasteiger partial charge in [-0.25, -0.2) is 0 Å². The lowest BCUT2D eigenvalue weighted by atomic mass is 10.1. The van der Waals surface area contributed by atoms with Gasteiger partial charge in [-0.05, 0) is 23.6 Å². The van der Waals surface area contributed by atoms with Gasteiger partial charge in [-0.2, -0.15) is 0 Å². The van der Waals surface area contributed by atoms with Crippen LogP contribution < -0.4 is 5.32 Å². The van der Waals surface area contributed by atoms with Crippen molar-refractivity contribution in [1.82, 2.24) is 5.32 Å². The zero-order valence-corrected chi connectivity index (χ0v) is 11.7. The molecule has 2 rings (SSSR count). The summed E-state index contributed by atoms with van der Waals surface area (Å²) in [5, 5.41) is 13.6. The van der Waals surface area contributed by atoms with Crippen molar-refractivity contribution in [1.29, 1.82) is 0 Å². The fourth-order valence-corrected chi connectivity index (χ4v) is 2.30. The highest BCUT2D eigenvalue weighted by Gasteiger charge is 2.05. The third-order valence-corrected chi connectivity index (χ3v) is 3.51. The quantitative estimate of drug-likeness (QED) is 0.867. The highest BCUT2D eigenvalue weighted by Crippen LogP contribution is 2.26. The number of halogens is 1. The molecule has 0 aromatic heterocycles. The van der Waals surface area contributed by atoms with E-state index in [1.54, 1.807) is 6.07 Å². The summed E-state index contributed by atoms with van der Waals surface area (Å²) < 4.78 is 0. The molecule has 0 radical (unpaired) electrons. The molecule has 3 heteroatoms. The Hall–Kier alpha value is -1.51. The Morgan fingerprint density at radius 3 is 2.32 bits per heavy atom. The zero-order chi connectivity index (χ0) is 13.7. The van der Waals surface area contributed by atoms with Crippen LogP contribution in [0.4, 0.5) is 0 Å². The Morgan fingerprint density at radius 2 is 1.58 bits per heavy atom. The second-order valence-electron chi connectivity index (χ2n) is 4.47. The van der Waals surface area contributed by atoms with Crippen LogP contribution in [0, 0.1) is 0 Å². The Balaban J connectivity index is 1.98. The minimum atomic E-state index is 0.167. The maximum atomic E-state index is 9.82. The van der Waals surface area contributed by atoms with E-state index in [9.17, 15) is 5.11 Å². The first-order valence-electron chi connectivity index (χ1n) is 6.46. The molecule has 0 saturated heterocycles. The summed E-state index contributed by atoms with van der Waals surface area (Å²) in [6.07, 6.45) is 1.03. The van der Waals surface area contributed by atoms with E-state index < -0.39 is 0 Å². The fourth-order valence-electron chi connectivity index (χ4n) is 2.11. The van der Waals surface area contributed by atoms with Gasteiger partial charge in [0.15, 0.2) is 0 Å². The third-order valence-electron chi connectivity index (χ3n) is 3.20. The van der Waals surface area contributed by atoms with Crippen molar-refractivity contribution in [3.8, 4) is 5.75 Å². The Bertz CT molecular complexity index is 554. The van der Waals surface area contributed by atoms with E-state index in [0.29, 0.717) is 11.6 Å². The van der Waals surface area contributed by atoms with Crippen LogP contribution in [0.25, 0.3) is 0 Å². The Kier molecular flexibility index (Phi) is 4.83. The largest absolute Gasteiger partial charge is 0.506 e. The predicted molar refractivity (Wildman–Crippen MR) is 79.5 cm³/mol. The van der Waals surface area contributed by atoms with Crippen molar-refractivity contribution < 1.29 is 5.11 Å². The molecular formula is C16H18ClNO. The number of hydrogen-bond acceptors (Lipinski definition) is 2. The molecule has 100 valence electrons. The normalized spacial score (nSPS) is 10.6. The van der Waals surface area contributed by atoms with Gasteiger partial charge in [0.2, 0.25) is 0 Å². The van der Waals surface area contributed by atoms with Crippen LogP contribution in [0.2, 0.25) is 5.02 Å². The summed E-state index contributed by atoms with van der Waals surface area (Å²) >= 11 is 5.88. The topological polar surface area (TPSA) is 32.3 Å². The van der Waals surface area contributed by atoms with Crippen molar-refractivity contribution in [2.75, 3.05) is 0 Å². The zero-order valence-electron chi connectivity index (χ0n) is 11.0. The van der Waals surface area contributed by atoms with Crippen LogP contribution in [-0.2, 0) is 19.5 Å². The maximum absolute atomic E-state index is 9.82. The first-order chi connectivity index (χ1) is 9.22. The first-order valence-corrected chi connectivity index (χ1v) is 6.84. The van der Waals surface area contributed by atoms with Gasteiger partial charge in [0, 0.05) is 18.7 Å². The van der Waals surface area contributed by atoms with Crippen LogP contribution in [0.15, 0.2) is 42.5 Å². The lowest BCUT2D eigenvalue weighted by Gasteiger charge is -2.10. The van der Waals surface area contributed by atoms with E-state index >= 15 is 0 Å². The van der Waals surface area contributed by atoms with Crippen molar-refractivity contribution in [3.05, 3.63) is 64.2 Å². The molecule has 0 aliphatic rings. The number of nitrogens with one attached hydrogen (secondary N) is 1. The molecule has 0 spiro atoms. The van der Waals surface area contributed by atoms with Gasteiger partial charge < -0.3 is 10.4 Å². The smallest absolute Gasteiger partial charge is 0.138 e. The number of phenolic OH excluding ortho intramolecular Hbond substituents is 1. The van der Waals surface area contributed by atoms with Crippen LogP contribution in [0.5, 0.6) is 5.75 Å². The van der Waals surface area contributed by atoms with E-state index in [1.165, 1.54) is 11.1 Å². The molecule has 0 amide bonds. The van der Waals surface area contributed by atoms with E-state index in [4.69, 9.17) is 11.6 Å². The fraction of sp³-hybridized carbons (Fsp3) is 0.250. The van der Waals surface area contributed by atoms with Gasteiger partial charge in [-0.15, -0.1) is 0 Å². The Morgan fingerprint density at radius 1 is 0.947 bits per heavy atom. The lowest BCUT2D eigenvalue weighted by molar-refractivity contribution is 0.464. The summed E-state index contributed by atoms with van der Waals surface area (Å²) in [7, 11) is 0. The first kappa shape index (κ1) is 13.9. The summed E-state index contributed by atoms with van der Waals surface area (Å²) in [5.74, 6) is 0.167. The number of rotatable bonds is 5. The second-order valence-corrected chi connectivity index (χ2v) is 4.88. The van der Waals surface area contributed by atoms with E-state index in [2.05, 4.69) is 30.4 Å². The number of aryl methyl sites for hydroxylation is 1. The number of hydrogen-bond donors (Lipinski definition) is 2. The highest BCUT2D eigenvalue weighted by molar-refractivity contribution is 6.32. The molecule has 0 heterocycles. The molecular weight excluding hydrogens is 258 g/mol. The lowest BCUT2D eigenvalue weighted by Crippen LogP contribution is -2.14. The minimum Gasteiger partial charge on any atom is -0.506 e. The molecule has 0 fully saturated rings. The van der Waals surface area contributed by atoms with Gasteiger partial charge in [0.05, 0.1) is 5.02 Å². The molecule has 0 unspecified atom stereocenters. The summed E-state index contributed by atoms with van der Waals surface area (Å²) in [6, 6.07) is 13.8. The molecule has 19 heavy (non-hydrogen) atoms. The van der Waals surface area contributed by atoms with Gasteiger partial charge in [-0.3, -0.25) is 0 Å². The molecule has 2 nitrogen and oxygen atoms in total. The second kappa shape index (κ2) is 6.60. The Labute approximate surface area is 119 Å².